The minimum absolute atomic E-state index is 0.103. The summed E-state index contributed by atoms with van der Waals surface area (Å²) in [6.45, 7) is 3.48. The Morgan fingerprint density at radius 1 is 1.41 bits per heavy atom. The van der Waals surface area contributed by atoms with Crippen LogP contribution < -0.4 is 0 Å². The third-order valence-electron chi connectivity index (χ3n) is 1.93. The molecule has 92 valence electrons. The predicted molar refractivity (Wildman–Crippen MR) is 66.8 cm³/mol. The molecule has 0 bridgehead atoms. The fourth-order valence-electron chi connectivity index (χ4n) is 0.997. The van der Waals surface area contributed by atoms with Gasteiger partial charge in [-0.25, -0.2) is 9.18 Å². The van der Waals surface area contributed by atoms with Crippen LogP contribution in [0.5, 0.6) is 0 Å². The van der Waals surface area contributed by atoms with Crippen molar-refractivity contribution in [3.63, 3.8) is 0 Å². The molecule has 0 spiro atoms. The Morgan fingerprint density at radius 2 is 2.00 bits per heavy atom. The maximum absolute atomic E-state index is 13.3. The lowest BCUT2D eigenvalue weighted by Gasteiger charge is -2.07. The normalized spacial score (nSPS) is 10.6. The van der Waals surface area contributed by atoms with Crippen LogP contribution >= 0.6 is 27.7 Å². The van der Waals surface area contributed by atoms with Crippen LogP contribution in [-0.2, 0) is 4.79 Å². The average Bonchev–Trinajstić information content (AvgIpc) is 2.21. The van der Waals surface area contributed by atoms with Gasteiger partial charge in [0.15, 0.2) is 5.12 Å². The molecule has 1 aromatic carbocycles. The molecule has 0 amide bonds. The molecule has 0 radical (unpaired) electrons. The summed E-state index contributed by atoms with van der Waals surface area (Å²) in [5, 5.41) is 8.67. The van der Waals surface area contributed by atoms with Gasteiger partial charge in [0, 0.05) is 15.3 Å². The molecule has 1 N–H and O–H groups in total. The third kappa shape index (κ3) is 3.54. The van der Waals surface area contributed by atoms with Crippen LogP contribution in [-0.4, -0.2) is 16.2 Å². The van der Waals surface area contributed by atoms with Crippen molar-refractivity contribution in [3.05, 3.63) is 28.0 Å². The molecule has 0 aromatic heterocycles. The summed E-state index contributed by atoms with van der Waals surface area (Å²) in [4.78, 5) is 22.7. The fraction of sp³-hybridized carbons (Fsp3) is 0.273. The lowest BCUT2D eigenvalue weighted by atomic mass is 10.2. The molecule has 0 aliphatic rings. The highest BCUT2D eigenvalue weighted by Gasteiger charge is 2.17. The molecular formula is C11H10BrFO3S. The van der Waals surface area contributed by atoms with Crippen molar-refractivity contribution in [2.75, 3.05) is 0 Å². The van der Waals surface area contributed by atoms with E-state index in [1.54, 1.807) is 13.8 Å². The number of carbonyl (C=O) groups is 2. The van der Waals surface area contributed by atoms with E-state index < -0.39 is 17.3 Å². The Balaban J connectivity index is 3.12. The van der Waals surface area contributed by atoms with Gasteiger partial charge in [-0.15, -0.1) is 0 Å². The van der Waals surface area contributed by atoms with E-state index in [0.29, 0.717) is 9.37 Å². The van der Waals surface area contributed by atoms with Gasteiger partial charge in [-0.3, -0.25) is 4.79 Å². The van der Waals surface area contributed by atoms with Crippen LogP contribution in [0.4, 0.5) is 4.39 Å². The first kappa shape index (κ1) is 14.2. The van der Waals surface area contributed by atoms with Gasteiger partial charge in [0.25, 0.3) is 0 Å². The van der Waals surface area contributed by atoms with Crippen molar-refractivity contribution in [2.24, 2.45) is 5.92 Å². The number of carboxylic acid groups (broad SMARTS) is 1. The number of benzene rings is 1. The van der Waals surface area contributed by atoms with Crippen molar-refractivity contribution in [2.45, 2.75) is 18.7 Å². The van der Waals surface area contributed by atoms with Crippen molar-refractivity contribution >= 4 is 38.8 Å². The lowest BCUT2D eigenvalue weighted by Crippen LogP contribution is -2.04. The first-order valence-electron chi connectivity index (χ1n) is 4.77. The smallest absolute Gasteiger partial charge is 0.338 e. The number of hydrogen-bond donors (Lipinski definition) is 1. The molecule has 0 aliphatic carbocycles. The van der Waals surface area contributed by atoms with Crippen molar-refractivity contribution in [1.29, 1.82) is 0 Å². The second-order valence-corrected chi connectivity index (χ2v) is 5.54. The van der Waals surface area contributed by atoms with E-state index in [-0.39, 0.29) is 11.0 Å². The summed E-state index contributed by atoms with van der Waals surface area (Å²) in [6.07, 6.45) is 0. The molecule has 1 rings (SSSR count). The number of hydrogen-bond acceptors (Lipinski definition) is 3. The molecular weight excluding hydrogens is 311 g/mol. The van der Waals surface area contributed by atoms with Gasteiger partial charge in [-0.2, -0.15) is 0 Å². The maximum Gasteiger partial charge on any atom is 0.338 e. The molecule has 0 atom stereocenters. The second-order valence-electron chi connectivity index (χ2n) is 3.64. The van der Waals surface area contributed by atoms with Crippen LogP contribution in [0.15, 0.2) is 21.5 Å². The van der Waals surface area contributed by atoms with E-state index in [9.17, 15) is 14.0 Å². The highest BCUT2D eigenvalue weighted by Crippen LogP contribution is 2.32. The van der Waals surface area contributed by atoms with E-state index in [0.717, 1.165) is 23.9 Å². The summed E-state index contributed by atoms with van der Waals surface area (Å²) in [6, 6.07) is 2.21. The average molecular weight is 321 g/mol. The number of carboxylic acids is 1. The number of thioether (sulfide) groups is 1. The van der Waals surface area contributed by atoms with E-state index >= 15 is 0 Å². The monoisotopic (exact) mass is 320 g/mol. The van der Waals surface area contributed by atoms with Crippen LogP contribution in [0.25, 0.3) is 0 Å². The van der Waals surface area contributed by atoms with Gasteiger partial charge < -0.3 is 5.11 Å². The molecule has 0 saturated carbocycles. The summed E-state index contributed by atoms with van der Waals surface area (Å²) < 4.78 is 13.6. The van der Waals surface area contributed by atoms with E-state index in [2.05, 4.69) is 15.9 Å². The van der Waals surface area contributed by atoms with Gasteiger partial charge in [0.1, 0.15) is 5.82 Å². The highest BCUT2D eigenvalue weighted by molar-refractivity contribution is 9.10. The summed E-state index contributed by atoms with van der Waals surface area (Å²) >= 11 is 4.00. The maximum atomic E-state index is 13.3. The summed E-state index contributed by atoms with van der Waals surface area (Å²) in [5.74, 6) is -2.36. The molecule has 6 heteroatoms. The van der Waals surface area contributed by atoms with E-state index in [4.69, 9.17) is 5.11 Å². The quantitative estimate of drug-likeness (QED) is 0.865. The second kappa shape index (κ2) is 5.64. The molecule has 0 aliphatic heterocycles. The Hall–Kier alpha value is -0.880. The van der Waals surface area contributed by atoms with Gasteiger partial charge >= 0.3 is 5.97 Å². The van der Waals surface area contributed by atoms with Crippen LogP contribution in [0, 0.1) is 11.7 Å². The number of rotatable bonds is 3. The fourth-order valence-corrected chi connectivity index (χ4v) is 2.34. The Morgan fingerprint density at radius 3 is 2.47 bits per heavy atom. The van der Waals surface area contributed by atoms with Crippen LogP contribution in [0.2, 0.25) is 0 Å². The van der Waals surface area contributed by atoms with E-state index in [1.807, 2.05) is 0 Å². The largest absolute Gasteiger partial charge is 0.478 e. The molecule has 0 heterocycles. The zero-order chi connectivity index (χ0) is 13.2. The molecule has 3 nitrogen and oxygen atoms in total. The Bertz CT molecular complexity index is 474. The van der Waals surface area contributed by atoms with Gasteiger partial charge in [0.2, 0.25) is 0 Å². The van der Waals surface area contributed by atoms with Crippen LogP contribution in [0.1, 0.15) is 24.2 Å². The summed E-state index contributed by atoms with van der Waals surface area (Å²) in [5.41, 5.74) is -0.438. The predicted octanol–water partition coefficient (Wildman–Crippen LogP) is 3.56. The Labute approximate surface area is 111 Å². The SMILES string of the molecule is CC(C)C(=O)Sc1cc(C(=O)O)c(F)cc1Br. The number of aromatic carboxylic acids is 1. The molecule has 1 aromatic rings. The highest BCUT2D eigenvalue weighted by atomic mass is 79.9. The zero-order valence-electron chi connectivity index (χ0n) is 9.16. The zero-order valence-corrected chi connectivity index (χ0v) is 11.6. The van der Waals surface area contributed by atoms with E-state index in [1.165, 1.54) is 0 Å². The first-order valence-corrected chi connectivity index (χ1v) is 6.38. The number of halogens is 2. The third-order valence-corrected chi connectivity index (χ3v) is 4.08. The summed E-state index contributed by atoms with van der Waals surface area (Å²) in [7, 11) is 0. The topological polar surface area (TPSA) is 54.4 Å². The minimum Gasteiger partial charge on any atom is -0.478 e. The van der Waals surface area contributed by atoms with Crippen molar-refractivity contribution < 1.29 is 19.1 Å². The minimum atomic E-state index is -1.35. The Kier molecular flexibility index (Phi) is 4.70. The number of carbonyl (C=O) groups excluding carboxylic acids is 1. The van der Waals surface area contributed by atoms with Gasteiger partial charge in [-0.05, 0) is 28.1 Å². The van der Waals surface area contributed by atoms with Crippen LogP contribution in [0.3, 0.4) is 0 Å². The molecule has 0 unspecified atom stereocenters. The van der Waals surface area contributed by atoms with Gasteiger partial charge in [-0.1, -0.05) is 25.6 Å². The first-order chi connectivity index (χ1) is 7.82. The molecule has 17 heavy (non-hydrogen) atoms. The molecule has 0 saturated heterocycles. The standard InChI is InChI=1S/C11H10BrFO3S/c1-5(2)11(16)17-9-3-6(10(14)15)8(13)4-7(9)12/h3-5H,1-2H3,(H,14,15). The lowest BCUT2D eigenvalue weighted by molar-refractivity contribution is -0.113. The molecule has 0 fully saturated rings. The van der Waals surface area contributed by atoms with Crippen molar-refractivity contribution in [1.82, 2.24) is 0 Å². The van der Waals surface area contributed by atoms with Gasteiger partial charge in [0.05, 0.1) is 5.56 Å². The van der Waals surface area contributed by atoms with Crippen molar-refractivity contribution in [3.8, 4) is 0 Å².